The predicted molar refractivity (Wildman–Crippen MR) is 72.2 cm³/mol. The molecule has 2 atom stereocenters. The van der Waals surface area contributed by atoms with Gasteiger partial charge in [-0.15, -0.1) is 0 Å². The molecule has 1 aromatic rings. The third-order valence-corrected chi connectivity index (χ3v) is 4.00. The Morgan fingerprint density at radius 2 is 2.39 bits per heavy atom. The number of aromatic nitrogens is 2. The average Bonchev–Trinajstić information content (AvgIpc) is 2.91. The normalized spacial score (nSPS) is 27.9. The van der Waals surface area contributed by atoms with E-state index in [-0.39, 0.29) is 5.60 Å². The molecule has 0 amide bonds. The molecule has 1 aromatic heterocycles. The Morgan fingerprint density at radius 1 is 1.61 bits per heavy atom. The van der Waals surface area contributed by atoms with Crippen molar-refractivity contribution in [2.24, 2.45) is 11.7 Å². The van der Waals surface area contributed by atoms with E-state index < -0.39 is 0 Å². The first-order chi connectivity index (χ1) is 8.58. The molecule has 2 unspecified atom stereocenters. The van der Waals surface area contributed by atoms with Crippen molar-refractivity contribution >= 4 is 0 Å². The number of nitrogens with zero attached hydrogens (tertiary/aromatic N) is 2. The number of hydrogen-bond donors (Lipinski definition) is 1. The Hall–Kier alpha value is -0.870. The number of hydrogen-bond acceptors (Lipinski definition) is 3. The second-order valence-corrected chi connectivity index (χ2v) is 5.62. The molecule has 0 bridgehead atoms. The lowest BCUT2D eigenvalue weighted by Crippen LogP contribution is -2.38. The van der Waals surface area contributed by atoms with Crippen LogP contribution in [0.2, 0.25) is 0 Å². The third-order valence-electron chi connectivity index (χ3n) is 4.00. The summed E-state index contributed by atoms with van der Waals surface area (Å²) in [4.78, 5) is 0. The van der Waals surface area contributed by atoms with Crippen molar-refractivity contribution in [2.45, 2.75) is 58.8 Å². The highest BCUT2D eigenvalue weighted by molar-refractivity contribution is 5.08. The summed E-state index contributed by atoms with van der Waals surface area (Å²) in [6.07, 6.45) is 3.40. The Kier molecular flexibility index (Phi) is 4.07. The van der Waals surface area contributed by atoms with Gasteiger partial charge in [-0.3, -0.25) is 4.68 Å². The van der Waals surface area contributed by atoms with Crippen LogP contribution >= 0.6 is 0 Å². The molecule has 1 saturated carbocycles. The molecule has 4 heteroatoms. The van der Waals surface area contributed by atoms with Gasteiger partial charge in [0.05, 0.1) is 23.6 Å². The van der Waals surface area contributed by atoms with Gasteiger partial charge in [-0.1, -0.05) is 6.92 Å². The quantitative estimate of drug-likeness (QED) is 0.873. The molecule has 0 spiro atoms. The van der Waals surface area contributed by atoms with E-state index in [0.29, 0.717) is 13.2 Å². The van der Waals surface area contributed by atoms with E-state index in [1.165, 1.54) is 6.42 Å². The molecule has 0 saturated heterocycles. The molecule has 0 radical (unpaired) electrons. The topological polar surface area (TPSA) is 53.1 Å². The lowest BCUT2D eigenvalue weighted by atomic mass is 10.0. The summed E-state index contributed by atoms with van der Waals surface area (Å²) in [6.45, 7) is 8.53. The SMILES string of the molecule is CCn1nc(C)cc1COC1(CN)CCC(C)C1. The number of ether oxygens (including phenoxy) is 1. The van der Waals surface area contributed by atoms with Crippen LogP contribution < -0.4 is 5.73 Å². The third kappa shape index (κ3) is 2.75. The molecule has 1 heterocycles. The maximum Gasteiger partial charge on any atom is 0.0893 e. The summed E-state index contributed by atoms with van der Waals surface area (Å²) >= 11 is 0. The van der Waals surface area contributed by atoms with E-state index in [2.05, 4.69) is 25.0 Å². The van der Waals surface area contributed by atoms with Crippen molar-refractivity contribution in [1.29, 1.82) is 0 Å². The second kappa shape index (κ2) is 5.41. The van der Waals surface area contributed by atoms with Crippen LogP contribution in [0.1, 0.15) is 44.5 Å². The molecular formula is C14H25N3O. The number of aryl methyl sites for hydroxylation is 2. The van der Waals surface area contributed by atoms with Gasteiger partial charge in [-0.25, -0.2) is 0 Å². The first-order valence-electron chi connectivity index (χ1n) is 6.96. The van der Waals surface area contributed by atoms with E-state index in [1.807, 2.05) is 11.6 Å². The van der Waals surface area contributed by atoms with Crippen LogP contribution in [0.25, 0.3) is 0 Å². The summed E-state index contributed by atoms with van der Waals surface area (Å²) in [5.41, 5.74) is 8.03. The number of nitrogens with two attached hydrogens (primary N) is 1. The highest BCUT2D eigenvalue weighted by Gasteiger charge is 2.37. The fourth-order valence-corrected chi connectivity index (χ4v) is 2.94. The van der Waals surface area contributed by atoms with Gasteiger partial charge in [0.15, 0.2) is 0 Å². The first kappa shape index (κ1) is 13.6. The smallest absolute Gasteiger partial charge is 0.0893 e. The standard InChI is InChI=1S/C14H25N3O/c1-4-17-13(7-12(3)16-17)9-18-14(10-15)6-5-11(2)8-14/h7,11H,4-6,8-10,15H2,1-3H3. The van der Waals surface area contributed by atoms with Gasteiger partial charge < -0.3 is 10.5 Å². The molecule has 0 aromatic carbocycles. The van der Waals surface area contributed by atoms with E-state index >= 15 is 0 Å². The fourth-order valence-electron chi connectivity index (χ4n) is 2.94. The highest BCUT2D eigenvalue weighted by atomic mass is 16.5. The zero-order valence-electron chi connectivity index (χ0n) is 11.8. The molecule has 4 nitrogen and oxygen atoms in total. The average molecular weight is 251 g/mol. The lowest BCUT2D eigenvalue weighted by molar-refractivity contribution is -0.0496. The van der Waals surface area contributed by atoms with Crippen LogP contribution in [0.5, 0.6) is 0 Å². The Bertz CT molecular complexity index is 402. The van der Waals surface area contributed by atoms with E-state index in [0.717, 1.165) is 36.7 Å². The van der Waals surface area contributed by atoms with E-state index in [1.54, 1.807) is 0 Å². The fraction of sp³-hybridized carbons (Fsp3) is 0.786. The summed E-state index contributed by atoms with van der Waals surface area (Å²) < 4.78 is 8.18. The van der Waals surface area contributed by atoms with Gasteiger partial charge in [0.1, 0.15) is 0 Å². The number of rotatable bonds is 5. The van der Waals surface area contributed by atoms with E-state index in [4.69, 9.17) is 10.5 Å². The molecule has 1 aliphatic carbocycles. The van der Waals surface area contributed by atoms with Gasteiger partial charge in [0, 0.05) is 13.1 Å². The summed E-state index contributed by atoms with van der Waals surface area (Å²) in [6, 6.07) is 2.10. The molecule has 0 aliphatic heterocycles. The first-order valence-corrected chi connectivity index (χ1v) is 6.96. The highest BCUT2D eigenvalue weighted by Crippen LogP contribution is 2.37. The minimum Gasteiger partial charge on any atom is -0.367 e. The molecule has 102 valence electrons. The molecule has 2 rings (SSSR count). The van der Waals surface area contributed by atoms with Crippen molar-refractivity contribution in [3.63, 3.8) is 0 Å². The van der Waals surface area contributed by atoms with Crippen molar-refractivity contribution in [3.8, 4) is 0 Å². The van der Waals surface area contributed by atoms with Gasteiger partial charge >= 0.3 is 0 Å². The van der Waals surface area contributed by atoms with Crippen LogP contribution in [-0.4, -0.2) is 21.9 Å². The van der Waals surface area contributed by atoms with Crippen LogP contribution in [0.15, 0.2) is 6.07 Å². The monoisotopic (exact) mass is 251 g/mol. The van der Waals surface area contributed by atoms with Crippen LogP contribution in [0.3, 0.4) is 0 Å². The Balaban J connectivity index is 2.01. The predicted octanol–water partition coefficient (Wildman–Crippen LogP) is 2.25. The van der Waals surface area contributed by atoms with Gasteiger partial charge in [0.25, 0.3) is 0 Å². The van der Waals surface area contributed by atoms with Gasteiger partial charge in [-0.2, -0.15) is 5.10 Å². The van der Waals surface area contributed by atoms with Gasteiger partial charge in [0.2, 0.25) is 0 Å². The second-order valence-electron chi connectivity index (χ2n) is 5.62. The lowest BCUT2D eigenvalue weighted by Gasteiger charge is -2.28. The van der Waals surface area contributed by atoms with Gasteiger partial charge in [-0.05, 0) is 45.1 Å². The van der Waals surface area contributed by atoms with Crippen molar-refractivity contribution in [1.82, 2.24) is 9.78 Å². The molecular weight excluding hydrogens is 226 g/mol. The maximum absolute atomic E-state index is 6.17. The van der Waals surface area contributed by atoms with Crippen molar-refractivity contribution in [3.05, 3.63) is 17.5 Å². The molecule has 1 aliphatic rings. The Labute approximate surface area is 110 Å². The van der Waals surface area contributed by atoms with Crippen molar-refractivity contribution < 1.29 is 4.74 Å². The van der Waals surface area contributed by atoms with Crippen LogP contribution in [-0.2, 0) is 17.9 Å². The summed E-state index contributed by atoms with van der Waals surface area (Å²) in [5, 5.41) is 4.44. The minimum absolute atomic E-state index is 0.101. The zero-order valence-corrected chi connectivity index (χ0v) is 11.8. The summed E-state index contributed by atoms with van der Waals surface area (Å²) in [7, 11) is 0. The largest absolute Gasteiger partial charge is 0.367 e. The van der Waals surface area contributed by atoms with E-state index in [9.17, 15) is 0 Å². The Morgan fingerprint density at radius 3 is 2.94 bits per heavy atom. The minimum atomic E-state index is -0.101. The van der Waals surface area contributed by atoms with Crippen LogP contribution in [0, 0.1) is 12.8 Å². The summed E-state index contributed by atoms with van der Waals surface area (Å²) in [5.74, 6) is 0.728. The molecule has 18 heavy (non-hydrogen) atoms. The molecule has 1 fully saturated rings. The zero-order chi connectivity index (χ0) is 13.2. The maximum atomic E-state index is 6.17. The molecule has 2 N–H and O–H groups in total. The van der Waals surface area contributed by atoms with Crippen molar-refractivity contribution in [2.75, 3.05) is 6.54 Å². The van der Waals surface area contributed by atoms with Crippen LogP contribution in [0.4, 0.5) is 0 Å².